The Kier molecular flexibility index (Phi) is 5.88. The van der Waals surface area contributed by atoms with Crippen molar-refractivity contribution in [2.24, 2.45) is 0 Å². The molecular weight excluding hydrogens is 291 g/mol. The van der Waals surface area contributed by atoms with Gasteiger partial charge in [-0.05, 0) is 55.8 Å². The summed E-state index contributed by atoms with van der Waals surface area (Å²) < 4.78 is 12.9. The van der Waals surface area contributed by atoms with Crippen molar-refractivity contribution in [1.82, 2.24) is 4.90 Å². The first-order valence-corrected chi connectivity index (χ1v) is 7.84. The number of hydrogen-bond donors (Lipinski definition) is 1. The van der Waals surface area contributed by atoms with Crippen molar-refractivity contribution in [1.29, 1.82) is 0 Å². The Labute approximate surface area is 137 Å². The zero-order chi connectivity index (χ0) is 16.8. The lowest BCUT2D eigenvalue weighted by molar-refractivity contribution is -0.120. The van der Waals surface area contributed by atoms with Gasteiger partial charge in [-0.1, -0.05) is 31.2 Å². The highest BCUT2D eigenvalue weighted by atomic mass is 19.1. The largest absolute Gasteiger partial charge is 0.325 e. The molecule has 0 heterocycles. The number of likely N-dealkylation sites (N-methyl/N-ethyl adjacent to an activating group) is 1. The topological polar surface area (TPSA) is 32.3 Å². The third kappa shape index (κ3) is 4.89. The maximum atomic E-state index is 12.9. The van der Waals surface area contributed by atoms with Crippen LogP contribution in [0.3, 0.4) is 0 Å². The van der Waals surface area contributed by atoms with E-state index in [1.165, 1.54) is 17.7 Å². The lowest BCUT2D eigenvalue weighted by Gasteiger charge is -2.24. The van der Waals surface area contributed by atoms with Crippen molar-refractivity contribution in [3.8, 4) is 0 Å². The summed E-state index contributed by atoms with van der Waals surface area (Å²) in [6.45, 7) is 4.54. The summed E-state index contributed by atoms with van der Waals surface area (Å²) in [6.07, 6.45) is 0.977. The van der Waals surface area contributed by atoms with Gasteiger partial charge in [0.15, 0.2) is 0 Å². The number of nitrogens with one attached hydrogen (secondary N) is 1. The molecule has 2 rings (SSSR count). The summed E-state index contributed by atoms with van der Waals surface area (Å²) >= 11 is 0. The Hall–Kier alpha value is -2.20. The van der Waals surface area contributed by atoms with E-state index in [1.807, 2.05) is 43.1 Å². The van der Waals surface area contributed by atoms with Gasteiger partial charge in [0.25, 0.3) is 0 Å². The van der Waals surface area contributed by atoms with Crippen LogP contribution < -0.4 is 5.32 Å². The molecule has 1 amide bonds. The molecule has 0 aliphatic carbocycles. The Morgan fingerprint density at radius 3 is 2.22 bits per heavy atom. The lowest BCUT2D eigenvalue weighted by atomic mass is 10.1. The van der Waals surface area contributed by atoms with Gasteiger partial charge in [-0.3, -0.25) is 9.69 Å². The number of carbonyl (C=O) groups is 1. The predicted octanol–water partition coefficient (Wildman–Crippen LogP) is 3.85. The van der Waals surface area contributed by atoms with Crippen molar-refractivity contribution in [2.45, 2.75) is 32.9 Å². The zero-order valence-electron chi connectivity index (χ0n) is 13.8. The predicted molar refractivity (Wildman–Crippen MR) is 91.8 cm³/mol. The number of rotatable bonds is 6. The molecule has 2 aromatic carbocycles. The summed E-state index contributed by atoms with van der Waals surface area (Å²) in [5, 5.41) is 2.93. The van der Waals surface area contributed by atoms with E-state index in [2.05, 4.69) is 12.2 Å². The first-order valence-electron chi connectivity index (χ1n) is 7.84. The molecule has 23 heavy (non-hydrogen) atoms. The molecule has 0 aromatic heterocycles. The van der Waals surface area contributed by atoms with Gasteiger partial charge in [0.1, 0.15) is 5.82 Å². The standard InChI is InChI=1S/C19H23FN2O/c1-4-15-7-11-18(12-8-15)21-19(23)14(2)22(3)13-16-5-9-17(20)10-6-16/h5-12,14H,4,13H2,1-3H3,(H,21,23). The van der Waals surface area contributed by atoms with Crippen molar-refractivity contribution in [3.63, 3.8) is 0 Å². The average Bonchev–Trinajstić information content (AvgIpc) is 2.56. The van der Waals surface area contributed by atoms with E-state index in [0.717, 1.165) is 17.7 Å². The van der Waals surface area contributed by atoms with E-state index < -0.39 is 0 Å². The molecule has 0 saturated carbocycles. The van der Waals surface area contributed by atoms with Gasteiger partial charge >= 0.3 is 0 Å². The molecule has 0 aliphatic heterocycles. The SMILES string of the molecule is CCc1ccc(NC(=O)C(C)N(C)Cc2ccc(F)cc2)cc1. The van der Waals surface area contributed by atoms with Gasteiger partial charge in [0, 0.05) is 12.2 Å². The number of halogens is 1. The molecule has 0 spiro atoms. The van der Waals surface area contributed by atoms with Crippen LogP contribution in [0.4, 0.5) is 10.1 Å². The fraction of sp³-hybridized carbons (Fsp3) is 0.316. The van der Waals surface area contributed by atoms with E-state index in [1.54, 1.807) is 12.1 Å². The minimum absolute atomic E-state index is 0.0566. The number of anilines is 1. The molecule has 4 heteroatoms. The van der Waals surface area contributed by atoms with Gasteiger partial charge in [0.05, 0.1) is 6.04 Å². The second kappa shape index (κ2) is 7.88. The number of aryl methyl sites for hydroxylation is 1. The van der Waals surface area contributed by atoms with E-state index >= 15 is 0 Å². The van der Waals surface area contributed by atoms with Gasteiger partial charge in [-0.15, -0.1) is 0 Å². The molecule has 3 nitrogen and oxygen atoms in total. The summed E-state index contributed by atoms with van der Waals surface area (Å²) in [6, 6.07) is 13.9. The minimum Gasteiger partial charge on any atom is -0.325 e. The first-order chi connectivity index (χ1) is 11.0. The summed E-state index contributed by atoms with van der Waals surface area (Å²) in [5.74, 6) is -0.309. The Morgan fingerprint density at radius 2 is 1.65 bits per heavy atom. The fourth-order valence-electron chi connectivity index (χ4n) is 2.29. The second-order valence-electron chi connectivity index (χ2n) is 5.76. The van der Waals surface area contributed by atoms with Crippen LogP contribution in [0, 0.1) is 5.82 Å². The van der Waals surface area contributed by atoms with Crippen LogP contribution in [-0.2, 0) is 17.8 Å². The third-order valence-corrected chi connectivity index (χ3v) is 4.02. The Morgan fingerprint density at radius 1 is 1.09 bits per heavy atom. The van der Waals surface area contributed by atoms with E-state index in [0.29, 0.717) is 6.54 Å². The number of nitrogens with zero attached hydrogens (tertiary/aromatic N) is 1. The van der Waals surface area contributed by atoms with Crippen molar-refractivity contribution < 1.29 is 9.18 Å². The Balaban J connectivity index is 1.93. The molecule has 0 aliphatic rings. The zero-order valence-corrected chi connectivity index (χ0v) is 13.8. The maximum Gasteiger partial charge on any atom is 0.241 e. The van der Waals surface area contributed by atoms with E-state index in [4.69, 9.17) is 0 Å². The molecule has 1 N–H and O–H groups in total. The maximum absolute atomic E-state index is 12.9. The molecule has 0 saturated heterocycles. The molecule has 1 atom stereocenters. The molecule has 0 radical (unpaired) electrons. The number of benzene rings is 2. The molecule has 2 aromatic rings. The normalized spacial score (nSPS) is 12.2. The highest BCUT2D eigenvalue weighted by molar-refractivity contribution is 5.94. The fourth-order valence-corrected chi connectivity index (χ4v) is 2.29. The van der Waals surface area contributed by atoms with Crippen LogP contribution in [0.2, 0.25) is 0 Å². The average molecular weight is 314 g/mol. The quantitative estimate of drug-likeness (QED) is 0.878. The summed E-state index contributed by atoms with van der Waals surface area (Å²) in [7, 11) is 1.88. The first kappa shape index (κ1) is 17.2. The number of amides is 1. The monoisotopic (exact) mass is 314 g/mol. The third-order valence-electron chi connectivity index (χ3n) is 4.02. The van der Waals surface area contributed by atoms with Crippen LogP contribution in [0.5, 0.6) is 0 Å². The molecule has 0 bridgehead atoms. The number of hydrogen-bond acceptors (Lipinski definition) is 2. The van der Waals surface area contributed by atoms with Gasteiger partial charge in [-0.25, -0.2) is 4.39 Å². The Bertz CT molecular complexity index is 637. The minimum atomic E-state index is -0.286. The smallest absolute Gasteiger partial charge is 0.241 e. The molecule has 0 fully saturated rings. The van der Waals surface area contributed by atoms with Crippen LogP contribution in [0.15, 0.2) is 48.5 Å². The van der Waals surface area contributed by atoms with Crippen molar-refractivity contribution >= 4 is 11.6 Å². The van der Waals surface area contributed by atoms with Crippen molar-refractivity contribution in [3.05, 3.63) is 65.5 Å². The molecule has 1 unspecified atom stereocenters. The van der Waals surface area contributed by atoms with Crippen LogP contribution in [0.25, 0.3) is 0 Å². The number of carbonyl (C=O) groups excluding carboxylic acids is 1. The van der Waals surface area contributed by atoms with Gasteiger partial charge in [-0.2, -0.15) is 0 Å². The highest BCUT2D eigenvalue weighted by Gasteiger charge is 2.18. The van der Waals surface area contributed by atoms with E-state index in [-0.39, 0.29) is 17.8 Å². The summed E-state index contributed by atoms with van der Waals surface area (Å²) in [5.41, 5.74) is 3.01. The van der Waals surface area contributed by atoms with Crippen LogP contribution in [0.1, 0.15) is 25.0 Å². The van der Waals surface area contributed by atoms with Gasteiger partial charge in [0.2, 0.25) is 5.91 Å². The van der Waals surface area contributed by atoms with Crippen LogP contribution in [-0.4, -0.2) is 23.9 Å². The highest BCUT2D eigenvalue weighted by Crippen LogP contribution is 2.12. The summed E-state index contributed by atoms with van der Waals surface area (Å²) in [4.78, 5) is 14.3. The van der Waals surface area contributed by atoms with Crippen molar-refractivity contribution in [2.75, 3.05) is 12.4 Å². The molecular formula is C19H23FN2O. The second-order valence-corrected chi connectivity index (χ2v) is 5.76. The lowest BCUT2D eigenvalue weighted by Crippen LogP contribution is -2.39. The van der Waals surface area contributed by atoms with Crippen LogP contribution >= 0.6 is 0 Å². The van der Waals surface area contributed by atoms with E-state index in [9.17, 15) is 9.18 Å². The van der Waals surface area contributed by atoms with Gasteiger partial charge < -0.3 is 5.32 Å². The molecule has 122 valence electrons.